The smallest absolute Gasteiger partial charge is 0.486 e. The van der Waals surface area contributed by atoms with Crippen LogP contribution in [-0.2, 0) is 16.1 Å². The summed E-state index contributed by atoms with van der Waals surface area (Å²) < 4.78 is 108. The Hall–Kier alpha value is -4.70. The predicted molar refractivity (Wildman–Crippen MR) is 133 cm³/mol. The van der Waals surface area contributed by atoms with Gasteiger partial charge < -0.3 is 25.6 Å². The molecule has 1 unspecified atom stereocenters. The van der Waals surface area contributed by atoms with Crippen molar-refractivity contribution in [2.24, 2.45) is 5.73 Å². The molecule has 9 nitrogen and oxygen atoms in total. The molecule has 1 aromatic heterocycles. The number of fused-ring (bicyclic) bond motifs is 1. The number of aliphatic carboxylic acids is 1. The van der Waals surface area contributed by atoms with Gasteiger partial charge in [0.25, 0.3) is 5.91 Å². The lowest BCUT2D eigenvalue weighted by molar-refractivity contribution is -0.192. The highest BCUT2D eigenvalue weighted by molar-refractivity contribution is 5.98. The molecule has 0 saturated carbocycles. The topological polar surface area (TPSA) is 141 Å². The molecule has 234 valence electrons. The van der Waals surface area contributed by atoms with E-state index in [2.05, 4.69) is 10.3 Å². The van der Waals surface area contributed by atoms with Crippen molar-refractivity contribution < 1.29 is 64.1 Å². The Bertz CT molecular complexity index is 1440. The highest BCUT2D eigenvalue weighted by Crippen LogP contribution is 2.28. The summed E-state index contributed by atoms with van der Waals surface area (Å²) >= 11 is 0. The molecule has 2 aromatic carbocycles. The first-order valence-corrected chi connectivity index (χ1v) is 11.9. The summed E-state index contributed by atoms with van der Waals surface area (Å²) in [6.07, 6.45) is -11.5. The number of pyridine rings is 1. The number of alkyl halides is 6. The van der Waals surface area contributed by atoms with Gasteiger partial charge in [0, 0.05) is 18.0 Å². The number of hydrogen-bond donors (Lipinski definition) is 3. The van der Waals surface area contributed by atoms with Crippen molar-refractivity contribution in [3.63, 3.8) is 0 Å². The SMILES string of the molecule is CC(CCC(F)(F)F)(CNC(=O)c1cnc2c(OCc3c(F)cccc3F)cccc2c1)OC(N)=O.O=C(O)C(F)(F)F. The maximum atomic E-state index is 13.9. The average Bonchev–Trinajstić information content (AvgIpc) is 2.89. The normalized spacial score (nSPS) is 12.9. The molecule has 3 aromatic rings. The third-order valence-electron chi connectivity index (χ3n) is 5.52. The van der Waals surface area contributed by atoms with E-state index in [4.69, 9.17) is 25.1 Å². The molecular formula is C26H23F8N3O6. The van der Waals surface area contributed by atoms with Crippen LogP contribution in [0, 0.1) is 11.6 Å². The summed E-state index contributed by atoms with van der Waals surface area (Å²) in [4.78, 5) is 36.9. The zero-order valence-corrected chi connectivity index (χ0v) is 22.0. The van der Waals surface area contributed by atoms with Crippen molar-refractivity contribution >= 4 is 28.9 Å². The molecule has 4 N–H and O–H groups in total. The van der Waals surface area contributed by atoms with Gasteiger partial charge in [-0.3, -0.25) is 9.78 Å². The van der Waals surface area contributed by atoms with Crippen molar-refractivity contribution in [3.05, 3.63) is 71.4 Å². The number of nitrogens with two attached hydrogens (primary N) is 1. The minimum absolute atomic E-state index is 0.0667. The number of carbonyl (C=O) groups is 3. The van der Waals surface area contributed by atoms with Gasteiger partial charge in [0.1, 0.15) is 35.1 Å². The molecule has 1 atom stereocenters. The van der Waals surface area contributed by atoms with Gasteiger partial charge in [0.15, 0.2) is 0 Å². The Balaban J connectivity index is 0.000000821. The van der Waals surface area contributed by atoms with E-state index in [0.717, 1.165) is 12.1 Å². The number of halogens is 8. The van der Waals surface area contributed by atoms with E-state index in [1.54, 1.807) is 18.2 Å². The van der Waals surface area contributed by atoms with Gasteiger partial charge >= 0.3 is 24.4 Å². The third-order valence-corrected chi connectivity index (χ3v) is 5.52. The molecule has 0 radical (unpaired) electrons. The highest BCUT2D eigenvalue weighted by atomic mass is 19.4. The molecule has 0 aliphatic rings. The minimum atomic E-state index is -5.08. The Morgan fingerprint density at radius 2 is 1.56 bits per heavy atom. The van der Waals surface area contributed by atoms with E-state index in [-0.39, 0.29) is 16.9 Å². The molecular weight excluding hydrogens is 602 g/mol. The summed E-state index contributed by atoms with van der Waals surface area (Å²) in [5, 5.41) is 10.0. The van der Waals surface area contributed by atoms with E-state index < -0.39 is 73.6 Å². The first-order valence-electron chi connectivity index (χ1n) is 11.9. The van der Waals surface area contributed by atoms with E-state index in [0.29, 0.717) is 10.9 Å². The Kier molecular flexibility index (Phi) is 11.2. The lowest BCUT2D eigenvalue weighted by atomic mass is 9.99. The standard InChI is InChI=1S/C24H22F5N3O4.C2HF3O2/c1-23(36-22(30)34,8-9-24(27,28)29)13-32-21(33)15-10-14-4-2-7-19(20(14)31-11-15)35-12-16-17(25)5-3-6-18(16)26;3-2(4,5)1(6)7/h2-7,10-11H,8-9,12-13H2,1H3,(H2,30,34)(H,32,33);(H,6,7). The number of nitrogens with one attached hydrogen (secondary N) is 1. The summed E-state index contributed by atoms with van der Waals surface area (Å²) in [6, 6.07) is 9.66. The zero-order chi connectivity index (χ0) is 32.6. The van der Waals surface area contributed by atoms with E-state index in [1.807, 2.05) is 0 Å². The number of aromatic nitrogens is 1. The van der Waals surface area contributed by atoms with Gasteiger partial charge in [0.05, 0.1) is 17.7 Å². The second kappa shape index (κ2) is 14.0. The summed E-state index contributed by atoms with van der Waals surface area (Å²) in [5.74, 6) is -4.74. The maximum absolute atomic E-state index is 13.9. The monoisotopic (exact) mass is 625 g/mol. The molecule has 3 rings (SSSR count). The fraction of sp³-hybridized carbons (Fsp3) is 0.308. The van der Waals surface area contributed by atoms with Crippen LogP contribution in [0.5, 0.6) is 5.75 Å². The summed E-state index contributed by atoms with van der Waals surface area (Å²) in [5.41, 5.74) is 3.41. The number of primary amides is 1. The van der Waals surface area contributed by atoms with Crippen LogP contribution in [0.1, 0.15) is 35.7 Å². The van der Waals surface area contributed by atoms with Crippen LogP contribution >= 0.6 is 0 Å². The molecule has 0 bridgehead atoms. The maximum Gasteiger partial charge on any atom is 0.490 e. The van der Waals surface area contributed by atoms with Gasteiger partial charge in [-0.15, -0.1) is 0 Å². The van der Waals surface area contributed by atoms with Gasteiger partial charge in [0.2, 0.25) is 0 Å². The van der Waals surface area contributed by atoms with E-state index in [9.17, 15) is 44.7 Å². The van der Waals surface area contributed by atoms with Crippen LogP contribution in [0.3, 0.4) is 0 Å². The van der Waals surface area contributed by atoms with Crippen LogP contribution in [0.2, 0.25) is 0 Å². The molecule has 0 fully saturated rings. The van der Waals surface area contributed by atoms with Crippen LogP contribution in [0.25, 0.3) is 10.9 Å². The van der Waals surface area contributed by atoms with Crippen molar-refractivity contribution in [2.45, 2.75) is 44.3 Å². The van der Waals surface area contributed by atoms with Crippen molar-refractivity contribution in [2.75, 3.05) is 6.54 Å². The van der Waals surface area contributed by atoms with E-state index >= 15 is 0 Å². The molecule has 43 heavy (non-hydrogen) atoms. The Morgan fingerprint density at radius 1 is 0.977 bits per heavy atom. The molecule has 1 heterocycles. The number of hydrogen-bond acceptors (Lipinski definition) is 6. The van der Waals surface area contributed by atoms with Gasteiger partial charge in [-0.05, 0) is 37.6 Å². The van der Waals surface area contributed by atoms with Gasteiger partial charge in [-0.1, -0.05) is 18.2 Å². The number of carbonyl (C=O) groups excluding carboxylic acids is 2. The van der Waals surface area contributed by atoms with Crippen LogP contribution in [-0.4, -0.2) is 52.6 Å². The fourth-order valence-electron chi connectivity index (χ4n) is 3.39. The van der Waals surface area contributed by atoms with Crippen molar-refractivity contribution in [1.82, 2.24) is 10.3 Å². The molecule has 0 aliphatic heterocycles. The second-order valence-electron chi connectivity index (χ2n) is 9.01. The number of ether oxygens (including phenoxy) is 2. The molecule has 0 aliphatic carbocycles. The first-order chi connectivity index (χ1) is 19.8. The molecule has 0 spiro atoms. The molecule has 0 saturated heterocycles. The lowest BCUT2D eigenvalue weighted by Gasteiger charge is -2.29. The number of nitrogens with zero attached hydrogens (tertiary/aromatic N) is 1. The summed E-state index contributed by atoms with van der Waals surface area (Å²) in [7, 11) is 0. The minimum Gasteiger partial charge on any atom is -0.486 e. The lowest BCUT2D eigenvalue weighted by Crippen LogP contribution is -2.45. The molecule has 2 amide bonds. The van der Waals surface area contributed by atoms with Crippen LogP contribution < -0.4 is 15.8 Å². The Morgan fingerprint density at radius 3 is 2.09 bits per heavy atom. The number of carboxylic acid groups (broad SMARTS) is 1. The van der Waals surface area contributed by atoms with Crippen molar-refractivity contribution in [1.29, 1.82) is 0 Å². The average molecular weight is 625 g/mol. The summed E-state index contributed by atoms with van der Waals surface area (Å²) in [6.45, 7) is 0.405. The highest BCUT2D eigenvalue weighted by Gasteiger charge is 2.38. The third kappa shape index (κ3) is 10.9. The Labute approximate surface area is 237 Å². The number of amides is 2. The van der Waals surface area contributed by atoms with E-state index in [1.165, 1.54) is 25.3 Å². The molecule has 17 heteroatoms. The van der Waals surface area contributed by atoms with Crippen molar-refractivity contribution in [3.8, 4) is 5.75 Å². The van der Waals surface area contributed by atoms with Crippen LogP contribution in [0.4, 0.5) is 39.9 Å². The predicted octanol–water partition coefficient (Wildman–Crippen LogP) is 5.65. The van der Waals surface area contributed by atoms with Crippen LogP contribution in [0.15, 0.2) is 48.7 Å². The van der Waals surface area contributed by atoms with Gasteiger partial charge in [-0.2, -0.15) is 26.3 Å². The first kappa shape index (κ1) is 34.5. The number of carboxylic acids is 1. The quantitative estimate of drug-likeness (QED) is 0.261. The fourth-order valence-corrected chi connectivity index (χ4v) is 3.39. The largest absolute Gasteiger partial charge is 0.490 e. The number of rotatable bonds is 9. The number of benzene rings is 2. The van der Waals surface area contributed by atoms with Gasteiger partial charge in [-0.25, -0.2) is 18.4 Å². The number of para-hydroxylation sites is 1. The zero-order valence-electron chi connectivity index (χ0n) is 22.0. The second-order valence-corrected chi connectivity index (χ2v) is 9.01.